The largest absolute Gasteiger partial charge is 0.383 e. The van der Waals surface area contributed by atoms with Crippen LogP contribution in [-0.2, 0) is 21.3 Å². The van der Waals surface area contributed by atoms with Crippen molar-refractivity contribution < 1.29 is 13.2 Å². The molecule has 0 aromatic heterocycles. The van der Waals surface area contributed by atoms with Crippen molar-refractivity contribution in [3.05, 3.63) is 29.3 Å². The van der Waals surface area contributed by atoms with Crippen LogP contribution in [0.15, 0.2) is 23.1 Å². The molecule has 2 N–H and O–H groups in total. The molecule has 0 heterocycles. The zero-order valence-electron chi connectivity index (χ0n) is 13.3. The van der Waals surface area contributed by atoms with Crippen LogP contribution in [0.1, 0.15) is 31.4 Å². The average Bonchev–Trinajstić information content (AvgIpc) is 2.47. The van der Waals surface area contributed by atoms with Crippen LogP contribution in [0.5, 0.6) is 0 Å². The van der Waals surface area contributed by atoms with Gasteiger partial charge in [0.1, 0.15) is 0 Å². The summed E-state index contributed by atoms with van der Waals surface area (Å²) < 4.78 is 32.5. The number of hydrogen-bond acceptors (Lipinski definition) is 4. The van der Waals surface area contributed by atoms with Crippen molar-refractivity contribution >= 4 is 10.0 Å². The van der Waals surface area contributed by atoms with Crippen molar-refractivity contribution in [2.24, 2.45) is 5.73 Å². The summed E-state index contributed by atoms with van der Waals surface area (Å²) in [4.78, 5) is 0.335. The highest BCUT2D eigenvalue weighted by atomic mass is 32.2. The molecule has 1 aromatic rings. The van der Waals surface area contributed by atoms with Crippen LogP contribution in [0.4, 0.5) is 0 Å². The van der Waals surface area contributed by atoms with Crippen LogP contribution in [0.2, 0.25) is 0 Å². The second kappa shape index (κ2) is 7.89. The van der Waals surface area contributed by atoms with E-state index >= 15 is 0 Å². The minimum absolute atomic E-state index is 0.0777. The average molecular weight is 314 g/mol. The van der Waals surface area contributed by atoms with Gasteiger partial charge in [-0.25, -0.2) is 8.42 Å². The summed E-state index contributed by atoms with van der Waals surface area (Å²) in [6, 6.07) is 5.17. The molecule has 6 heteroatoms. The van der Waals surface area contributed by atoms with E-state index in [0.717, 1.165) is 17.5 Å². The highest BCUT2D eigenvalue weighted by Gasteiger charge is 2.29. The van der Waals surface area contributed by atoms with Crippen molar-refractivity contribution in [3.8, 4) is 0 Å². The van der Waals surface area contributed by atoms with Gasteiger partial charge < -0.3 is 10.5 Å². The molecule has 1 rings (SSSR count). The number of ether oxygens (including phenoxy) is 1. The van der Waals surface area contributed by atoms with Gasteiger partial charge in [0, 0.05) is 26.2 Å². The van der Waals surface area contributed by atoms with E-state index in [1.54, 1.807) is 26.2 Å². The van der Waals surface area contributed by atoms with Crippen molar-refractivity contribution in [1.29, 1.82) is 0 Å². The van der Waals surface area contributed by atoms with Gasteiger partial charge in [-0.15, -0.1) is 0 Å². The predicted molar refractivity (Wildman–Crippen MR) is 84.6 cm³/mol. The molecule has 120 valence electrons. The Bertz CT molecular complexity index is 558. The summed E-state index contributed by atoms with van der Waals surface area (Å²) in [5.74, 6) is 0. The van der Waals surface area contributed by atoms with Crippen LogP contribution < -0.4 is 5.73 Å². The Balaban J connectivity index is 3.28. The first-order chi connectivity index (χ1) is 9.89. The minimum atomic E-state index is -3.55. The van der Waals surface area contributed by atoms with Gasteiger partial charge in [0.05, 0.1) is 11.5 Å². The molecule has 0 bridgehead atoms. The molecule has 1 unspecified atom stereocenters. The van der Waals surface area contributed by atoms with Crippen LogP contribution in [-0.4, -0.2) is 39.0 Å². The van der Waals surface area contributed by atoms with Crippen LogP contribution in [0.25, 0.3) is 0 Å². The molecule has 0 amide bonds. The Morgan fingerprint density at radius 3 is 2.57 bits per heavy atom. The van der Waals surface area contributed by atoms with E-state index in [-0.39, 0.29) is 6.04 Å². The van der Waals surface area contributed by atoms with E-state index in [1.165, 1.54) is 4.31 Å². The number of rotatable bonds is 8. The van der Waals surface area contributed by atoms with Gasteiger partial charge in [0.25, 0.3) is 0 Å². The lowest BCUT2D eigenvalue weighted by Crippen LogP contribution is -2.40. The molecule has 0 fully saturated rings. The zero-order chi connectivity index (χ0) is 16.0. The first kappa shape index (κ1) is 18.1. The first-order valence-corrected chi connectivity index (χ1v) is 8.63. The maximum absolute atomic E-state index is 13.0. The summed E-state index contributed by atoms with van der Waals surface area (Å²) in [5, 5.41) is 0. The molecule has 0 radical (unpaired) electrons. The lowest BCUT2D eigenvalue weighted by molar-refractivity contribution is 0.167. The van der Waals surface area contributed by atoms with Crippen molar-refractivity contribution in [2.75, 3.05) is 20.3 Å². The lowest BCUT2D eigenvalue weighted by atomic mass is 10.1. The van der Waals surface area contributed by atoms with Crippen LogP contribution in [0.3, 0.4) is 0 Å². The standard InChI is InChI=1S/C15H26N2O3S/c1-5-12(2)17(9-10-20-4)21(18,19)15-8-6-7-14(11-16)13(15)3/h6-8,12H,5,9-11,16H2,1-4H3. The van der Waals surface area contributed by atoms with Gasteiger partial charge in [0.2, 0.25) is 10.0 Å². The topological polar surface area (TPSA) is 72.6 Å². The fourth-order valence-electron chi connectivity index (χ4n) is 2.25. The molecular formula is C15H26N2O3S. The first-order valence-electron chi connectivity index (χ1n) is 7.19. The summed E-state index contributed by atoms with van der Waals surface area (Å²) >= 11 is 0. The molecular weight excluding hydrogens is 288 g/mol. The quantitative estimate of drug-likeness (QED) is 0.795. The third-order valence-corrected chi connectivity index (χ3v) is 5.96. The predicted octanol–water partition coefficient (Wildman–Crippen LogP) is 1.89. The molecule has 1 atom stereocenters. The molecule has 0 aliphatic heterocycles. The molecule has 0 saturated carbocycles. The number of hydrogen-bond donors (Lipinski definition) is 1. The Hall–Kier alpha value is -0.950. The normalized spacial score (nSPS) is 13.6. The van der Waals surface area contributed by atoms with Gasteiger partial charge in [-0.2, -0.15) is 4.31 Å². The summed E-state index contributed by atoms with van der Waals surface area (Å²) in [6.45, 7) is 6.74. The molecule has 21 heavy (non-hydrogen) atoms. The third-order valence-electron chi connectivity index (χ3n) is 3.80. The Kier molecular flexibility index (Phi) is 6.80. The summed E-state index contributed by atoms with van der Waals surface area (Å²) in [5.41, 5.74) is 7.26. The third kappa shape index (κ3) is 4.03. The van der Waals surface area contributed by atoms with Gasteiger partial charge in [-0.1, -0.05) is 19.1 Å². The maximum Gasteiger partial charge on any atom is 0.243 e. The van der Waals surface area contributed by atoms with Gasteiger partial charge in [0.15, 0.2) is 0 Å². The molecule has 5 nitrogen and oxygen atoms in total. The molecule has 1 aromatic carbocycles. The lowest BCUT2D eigenvalue weighted by Gasteiger charge is -2.28. The Labute approximate surface area is 128 Å². The Morgan fingerprint density at radius 1 is 1.38 bits per heavy atom. The van der Waals surface area contributed by atoms with E-state index in [0.29, 0.717) is 24.6 Å². The monoisotopic (exact) mass is 314 g/mol. The SMILES string of the molecule is CCC(C)N(CCOC)S(=O)(=O)c1cccc(CN)c1C. The van der Waals surface area contributed by atoms with Crippen molar-refractivity contribution in [3.63, 3.8) is 0 Å². The summed E-state index contributed by atoms with van der Waals surface area (Å²) in [7, 11) is -1.98. The fourth-order valence-corrected chi connectivity index (χ4v) is 4.21. The second-order valence-electron chi connectivity index (χ2n) is 5.11. The van der Waals surface area contributed by atoms with E-state index in [1.807, 2.05) is 19.9 Å². The number of sulfonamides is 1. The highest BCUT2D eigenvalue weighted by Crippen LogP contribution is 2.24. The number of methoxy groups -OCH3 is 1. The van der Waals surface area contributed by atoms with Crippen LogP contribution in [0, 0.1) is 6.92 Å². The summed E-state index contributed by atoms with van der Waals surface area (Å²) in [6.07, 6.45) is 0.749. The second-order valence-corrected chi connectivity index (χ2v) is 6.97. The maximum atomic E-state index is 13.0. The smallest absolute Gasteiger partial charge is 0.243 e. The number of benzene rings is 1. The fraction of sp³-hybridized carbons (Fsp3) is 0.600. The Morgan fingerprint density at radius 2 is 2.05 bits per heavy atom. The number of nitrogens with zero attached hydrogens (tertiary/aromatic N) is 1. The highest BCUT2D eigenvalue weighted by molar-refractivity contribution is 7.89. The van der Waals surface area contributed by atoms with Gasteiger partial charge in [-0.05, 0) is 37.5 Å². The molecule has 0 aliphatic carbocycles. The molecule has 0 aliphatic rings. The van der Waals surface area contributed by atoms with Gasteiger partial charge in [-0.3, -0.25) is 0 Å². The van der Waals surface area contributed by atoms with E-state index in [2.05, 4.69) is 0 Å². The van der Waals surface area contributed by atoms with E-state index in [4.69, 9.17) is 10.5 Å². The number of nitrogens with two attached hydrogens (primary N) is 1. The van der Waals surface area contributed by atoms with Crippen molar-refractivity contribution in [1.82, 2.24) is 4.31 Å². The van der Waals surface area contributed by atoms with Gasteiger partial charge >= 0.3 is 0 Å². The molecule has 0 spiro atoms. The van der Waals surface area contributed by atoms with Crippen LogP contribution >= 0.6 is 0 Å². The van der Waals surface area contributed by atoms with E-state index < -0.39 is 10.0 Å². The van der Waals surface area contributed by atoms with Crippen molar-refractivity contribution in [2.45, 2.75) is 44.7 Å². The van der Waals surface area contributed by atoms with E-state index in [9.17, 15) is 8.42 Å². The zero-order valence-corrected chi connectivity index (χ0v) is 14.1. The molecule has 0 saturated heterocycles. The minimum Gasteiger partial charge on any atom is -0.383 e.